The summed E-state index contributed by atoms with van der Waals surface area (Å²) in [6, 6.07) is 3.63. The molecule has 1 aromatic heterocycles. The zero-order valence-electron chi connectivity index (χ0n) is 6.66. The van der Waals surface area contributed by atoms with Crippen LogP contribution >= 0.6 is 22.6 Å². The van der Waals surface area contributed by atoms with Gasteiger partial charge in [-0.15, -0.1) is 10.2 Å². The van der Waals surface area contributed by atoms with Gasteiger partial charge in [0.05, 0.1) is 6.61 Å². The zero-order chi connectivity index (χ0) is 8.81. The molecule has 1 heterocycles. The zero-order valence-corrected chi connectivity index (χ0v) is 8.82. The molecule has 0 bridgehead atoms. The van der Waals surface area contributed by atoms with E-state index < -0.39 is 0 Å². The number of methoxy groups -OCH3 is 1. The van der Waals surface area contributed by atoms with Crippen molar-refractivity contribution in [2.45, 2.75) is 0 Å². The van der Waals surface area contributed by atoms with Gasteiger partial charge in [-0.25, -0.2) is 0 Å². The van der Waals surface area contributed by atoms with E-state index in [0.29, 0.717) is 19.1 Å². The number of hydrogen-bond donors (Lipinski definition) is 0. The van der Waals surface area contributed by atoms with Crippen molar-refractivity contribution in [1.82, 2.24) is 10.2 Å². The predicted octanol–water partition coefficient (Wildman–Crippen LogP) is 1.11. The Labute approximate surface area is 84.4 Å². The van der Waals surface area contributed by atoms with Crippen molar-refractivity contribution in [3.63, 3.8) is 0 Å². The summed E-state index contributed by atoms with van der Waals surface area (Å²) < 4.78 is 10.9. The molecule has 0 aromatic carbocycles. The molecule has 0 aliphatic heterocycles. The maximum Gasteiger partial charge on any atom is 0.233 e. The van der Waals surface area contributed by atoms with E-state index in [0.717, 1.165) is 3.70 Å². The second kappa shape index (κ2) is 5.26. The molecule has 0 amide bonds. The number of hydrogen-bond acceptors (Lipinski definition) is 4. The van der Waals surface area contributed by atoms with Gasteiger partial charge in [0.25, 0.3) is 0 Å². The van der Waals surface area contributed by atoms with Crippen LogP contribution in [0.5, 0.6) is 5.88 Å². The number of aromatic nitrogens is 2. The minimum Gasteiger partial charge on any atom is -0.474 e. The molecule has 66 valence electrons. The number of nitrogens with zero attached hydrogens (tertiary/aromatic N) is 2. The molecule has 0 atom stereocenters. The topological polar surface area (TPSA) is 44.2 Å². The van der Waals surface area contributed by atoms with Gasteiger partial charge >= 0.3 is 0 Å². The Kier molecular flexibility index (Phi) is 4.23. The van der Waals surface area contributed by atoms with E-state index in [9.17, 15) is 0 Å². The Bertz CT molecular complexity index is 227. The quantitative estimate of drug-likeness (QED) is 0.612. The Morgan fingerprint density at radius 1 is 1.33 bits per heavy atom. The van der Waals surface area contributed by atoms with Crippen molar-refractivity contribution in [1.29, 1.82) is 0 Å². The first-order chi connectivity index (χ1) is 5.83. The molecule has 1 aromatic rings. The molecule has 1 rings (SSSR count). The standard InChI is InChI=1S/C7H9IN2O2/c1-11-4-5-12-7-3-2-6(8)9-10-7/h2-3H,4-5H2,1H3. The highest BCUT2D eigenvalue weighted by Crippen LogP contribution is 2.05. The number of halogens is 1. The van der Waals surface area contributed by atoms with Crippen molar-refractivity contribution in [3.05, 3.63) is 15.8 Å². The number of rotatable bonds is 4. The lowest BCUT2D eigenvalue weighted by Gasteiger charge is -2.02. The molecule has 5 heteroatoms. The van der Waals surface area contributed by atoms with E-state index in [1.807, 2.05) is 6.07 Å². The smallest absolute Gasteiger partial charge is 0.233 e. The normalized spacial score (nSPS) is 9.83. The SMILES string of the molecule is COCCOc1ccc(I)nn1. The summed E-state index contributed by atoms with van der Waals surface area (Å²) in [5.41, 5.74) is 0. The molecule has 12 heavy (non-hydrogen) atoms. The average molecular weight is 280 g/mol. The third-order valence-electron chi connectivity index (χ3n) is 1.14. The van der Waals surface area contributed by atoms with Gasteiger partial charge in [-0.2, -0.15) is 0 Å². The van der Waals surface area contributed by atoms with Crippen molar-refractivity contribution in [2.24, 2.45) is 0 Å². The molecule has 0 fully saturated rings. The first-order valence-corrected chi connectivity index (χ1v) is 4.52. The third kappa shape index (κ3) is 3.31. The molecule has 0 aliphatic carbocycles. The van der Waals surface area contributed by atoms with E-state index in [1.54, 1.807) is 13.2 Å². The molecule has 0 unspecified atom stereocenters. The molecule has 0 saturated heterocycles. The van der Waals surface area contributed by atoms with Crippen LogP contribution in [0.25, 0.3) is 0 Å². The molecular formula is C7H9IN2O2. The average Bonchev–Trinajstić information content (AvgIpc) is 2.09. The summed E-state index contributed by atoms with van der Waals surface area (Å²) >= 11 is 2.09. The van der Waals surface area contributed by atoms with E-state index >= 15 is 0 Å². The second-order valence-electron chi connectivity index (χ2n) is 2.04. The lowest BCUT2D eigenvalue weighted by Crippen LogP contribution is -2.05. The van der Waals surface area contributed by atoms with Crippen LogP contribution in [0.1, 0.15) is 0 Å². The lowest BCUT2D eigenvalue weighted by atomic mass is 10.6. The summed E-state index contributed by atoms with van der Waals surface area (Å²) in [5, 5.41) is 7.64. The van der Waals surface area contributed by atoms with Crippen LogP contribution in [0.4, 0.5) is 0 Å². The van der Waals surface area contributed by atoms with Gasteiger partial charge < -0.3 is 9.47 Å². The maximum absolute atomic E-state index is 5.20. The summed E-state index contributed by atoms with van der Waals surface area (Å²) in [6.07, 6.45) is 0. The van der Waals surface area contributed by atoms with Gasteiger partial charge in [0, 0.05) is 13.2 Å². The Morgan fingerprint density at radius 3 is 2.75 bits per heavy atom. The fraction of sp³-hybridized carbons (Fsp3) is 0.429. The molecule has 0 N–H and O–H groups in total. The van der Waals surface area contributed by atoms with Crippen LogP contribution in [-0.4, -0.2) is 30.5 Å². The third-order valence-corrected chi connectivity index (χ3v) is 1.72. The van der Waals surface area contributed by atoms with Crippen LogP contribution in [0.2, 0.25) is 0 Å². The van der Waals surface area contributed by atoms with Crippen molar-refractivity contribution >= 4 is 22.6 Å². The summed E-state index contributed by atoms with van der Waals surface area (Å²) in [6.45, 7) is 1.07. The van der Waals surface area contributed by atoms with Crippen LogP contribution in [-0.2, 0) is 4.74 Å². The Morgan fingerprint density at radius 2 is 2.17 bits per heavy atom. The highest BCUT2D eigenvalue weighted by molar-refractivity contribution is 14.1. The molecule has 4 nitrogen and oxygen atoms in total. The monoisotopic (exact) mass is 280 g/mol. The van der Waals surface area contributed by atoms with E-state index in [1.165, 1.54) is 0 Å². The largest absolute Gasteiger partial charge is 0.474 e. The first-order valence-electron chi connectivity index (χ1n) is 3.44. The van der Waals surface area contributed by atoms with E-state index in [4.69, 9.17) is 9.47 Å². The van der Waals surface area contributed by atoms with Gasteiger partial charge in [-0.3, -0.25) is 0 Å². The fourth-order valence-electron chi connectivity index (χ4n) is 0.610. The molecule has 0 spiro atoms. The van der Waals surface area contributed by atoms with Crippen molar-refractivity contribution in [3.8, 4) is 5.88 Å². The maximum atomic E-state index is 5.20. The van der Waals surface area contributed by atoms with Crippen LogP contribution in [0, 0.1) is 3.70 Å². The minimum atomic E-state index is 0.506. The molecular weight excluding hydrogens is 271 g/mol. The molecule has 0 aliphatic rings. The molecule has 0 saturated carbocycles. The Balaban J connectivity index is 2.37. The molecule has 0 radical (unpaired) electrons. The lowest BCUT2D eigenvalue weighted by molar-refractivity contribution is 0.143. The van der Waals surface area contributed by atoms with Crippen molar-refractivity contribution < 1.29 is 9.47 Å². The second-order valence-corrected chi connectivity index (χ2v) is 3.14. The first kappa shape index (κ1) is 9.66. The minimum absolute atomic E-state index is 0.506. The van der Waals surface area contributed by atoms with Crippen LogP contribution in [0.15, 0.2) is 12.1 Å². The summed E-state index contributed by atoms with van der Waals surface area (Å²) in [5.74, 6) is 0.535. The van der Waals surface area contributed by atoms with E-state index in [2.05, 4.69) is 32.8 Å². The number of ether oxygens (including phenoxy) is 2. The van der Waals surface area contributed by atoms with Crippen LogP contribution in [0.3, 0.4) is 0 Å². The van der Waals surface area contributed by atoms with E-state index in [-0.39, 0.29) is 0 Å². The van der Waals surface area contributed by atoms with Gasteiger partial charge in [-0.05, 0) is 28.7 Å². The van der Waals surface area contributed by atoms with Crippen molar-refractivity contribution in [2.75, 3.05) is 20.3 Å². The van der Waals surface area contributed by atoms with Gasteiger partial charge in [0.15, 0.2) is 0 Å². The van der Waals surface area contributed by atoms with Crippen LogP contribution < -0.4 is 4.74 Å². The van der Waals surface area contributed by atoms with Gasteiger partial charge in [0.1, 0.15) is 10.3 Å². The summed E-state index contributed by atoms with van der Waals surface area (Å²) in [7, 11) is 1.63. The highest BCUT2D eigenvalue weighted by atomic mass is 127. The summed E-state index contributed by atoms with van der Waals surface area (Å²) in [4.78, 5) is 0. The fourth-order valence-corrected chi connectivity index (χ4v) is 0.898. The predicted molar refractivity (Wildman–Crippen MR) is 52.1 cm³/mol. The van der Waals surface area contributed by atoms with Gasteiger partial charge in [-0.1, -0.05) is 0 Å². The van der Waals surface area contributed by atoms with Gasteiger partial charge in [0.2, 0.25) is 5.88 Å². The Hall–Kier alpha value is -0.430. The highest BCUT2D eigenvalue weighted by Gasteiger charge is 1.94.